The Hall–Kier alpha value is -2.43. The normalized spacial score (nSPS) is 14.8. The minimum absolute atomic E-state index is 0.292. The molecule has 1 fully saturated rings. The van der Waals surface area contributed by atoms with Crippen LogP contribution in [0, 0.1) is 5.82 Å². The standard InChI is InChI=1S/C15H13FN4/c16-12-2-1-3-13-14(12)19-15(20(13)11-4-5-11)9-6-10(17)8-18-7-9/h1-3,6-8,11H,4-5,17H2. The van der Waals surface area contributed by atoms with Crippen LogP contribution in [-0.4, -0.2) is 14.5 Å². The molecule has 20 heavy (non-hydrogen) atoms. The van der Waals surface area contributed by atoms with Gasteiger partial charge in [-0.2, -0.15) is 0 Å². The predicted octanol–water partition coefficient (Wildman–Crippen LogP) is 3.15. The van der Waals surface area contributed by atoms with Crippen molar-refractivity contribution in [3.05, 3.63) is 42.5 Å². The predicted molar refractivity (Wildman–Crippen MR) is 75.6 cm³/mol. The van der Waals surface area contributed by atoms with Crippen LogP contribution in [0.5, 0.6) is 0 Å². The number of hydrogen-bond donors (Lipinski definition) is 1. The molecule has 0 aliphatic heterocycles. The molecule has 1 aliphatic rings. The second kappa shape index (κ2) is 4.03. The number of pyridine rings is 1. The summed E-state index contributed by atoms with van der Waals surface area (Å²) < 4.78 is 16.0. The van der Waals surface area contributed by atoms with Gasteiger partial charge >= 0.3 is 0 Å². The lowest BCUT2D eigenvalue weighted by Gasteiger charge is -2.07. The summed E-state index contributed by atoms with van der Waals surface area (Å²) in [4.78, 5) is 8.58. The third kappa shape index (κ3) is 1.66. The van der Waals surface area contributed by atoms with Crippen LogP contribution in [0.25, 0.3) is 22.4 Å². The molecule has 0 bridgehead atoms. The molecule has 4 nitrogen and oxygen atoms in total. The van der Waals surface area contributed by atoms with E-state index in [0.29, 0.717) is 17.2 Å². The Morgan fingerprint density at radius 1 is 1.25 bits per heavy atom. The number of anilines is 1. The number of imidazole rings is 1. The van der Waals surface area contributed by atoms with Crippen LogP contribution in [0.15, 0.2) is 36.7 Å². The van der Waals surface area contributed by atoms with Gasteiger partial charge in [0.15, 0.2) is 5.82 Å². The second-order valence-electron chi connectivity index (χ2n) is 5.15. The van der Waals surface area contributed by atoms with Gasteiger partial charge in [-0.05, 0) is 31.0 Å². The summed E-state index contributed by atoms with van der Waals surface area (Å²) >= 11 is 0. The molecule has 0 radical (unpaired) electrons. The molecule has 0 saturated heterocycles. The van der Waals surface area contributed by atoms with E-state index >= 15 is 0 Å². The molecule has 3 aromatic rings. The van der Waals surface area contributed by atoms with Crippen molar-refractivity contribution >= 4 is 16.7 Å². The lowest BCUT2D eigenvalue weighted by molar-refractivity contribution is 0.637. The number of nitrogens with zero attached hydrogens (tertiary/aromatic N) is 3. The molecule has 0 atom stereocenters. The Kier molecular flexibility index (Phi) is 2.30. The summed E-state index contributed by atoms with van der Waals surface area (Å²) in [6.45, 7) is 0. The summed E-state index contributed by atoms with van der Waals surface area (Å²) in [6.07, 6.45) is 5.51. The fraction of sp³-hybridized carbons (Fsp3) is 0.200. The number of fused-ring (bicyclic) bond motifs is 1. The number of nitrogen functional groups attached to an aromatic ring is 1. The molecular weight excluding hydrogens is 255 g/mol. The SMILES string of the molecule is Nc1cncc(-c2nc3c(F)cccc3n2C2CC2)c1. The summed E-state index contributed by atoms with van der Waals surface area (Å²) in [6, 6.07) is 7.30. The van der Waals surface area contributed by atoms with E-state index in [2.05, 4.69) is 14.5 Å². The fourth-order valence-electron chi connectivity index (χ4n) is 2.57. The van der Waals surface area contributed by atoms with Gasteiger partial charge in [0.2, 0.25) is 0 Å². The van der Waals surface area contributed by atoms with Gasteiger partial charge in [-0.25, -0.2) is 9.37 Å². The zero-order valence-electron chi connectivity index (χ0n) is 10.8. The molecule has 100 valence electrons. The van der Waals surface area contributed by atoms with Crippen molar-refractivity contribution in [2.24, 2.45) is 0 Å². The first kappa shape index (κ1) is 11.4. The van der Waals surface area contributed by atoms with E-state index in [9.17, 15) is 4.39 Å². The molecular formula is C15H13FN4. The summed E-state index contributed by atoms with van der Waals surface area (Å²) in [7, 11) is 0. The Labute approximate surface area is 115 Å². The molecule has 1 aliphatic carbocycles. The van der Waals surface area contributed by atoms with E-state index in [-0.39, 0.29) is 5.82 Å². The Balaban J connectivity index is 2.03. The topological polar surface area (TPSA) is 56.7 Å². The maximum absolute atomic E-state index is 13.9. The van der Waals surface area contributed by atoms with Gasteiger partial charge in [0.1, 0.15) is 11.3 Å². The van der Waals surface area contributed by atoms with Crippen LogP contribution in [0.2, 0.25) is 0 Å². The van der Waals surface area contributed by atoms with Crippen molar-refractivity contribution in [3.8, 4) is 11.4 Å². The lowest BCUT2D eigenvalue weighted by Crippen LogP contribution is -1.98. The molecule has 2 N–H and O–H groups in total. The fourth-order valence-corrected chi connectivity index (χ4v) is 2.57. The van der Waals surface area contributed by atoms with Crippen LogP contribution in [-0.2, 0) is 0 Å². The quantitative estimate of drug-likeness (QED) is 0.776. The third-order valence-corrected chi connectivity index (χ3v) is 3.60. The Bertz CT molecular complexity index is 805. The van der Waals surface area contributed by atoms with Crippen molar-refractivity contribution in [3.63, 3.8) is 0 Å². The van der Waals surface area contributed by atoms with Gasteiger partial charge in [0, 0.05) is 24.0 Å². The number of nitrogens with two attached hydrogens (primary N) is 1. The van der Waals surface area contributed by atoms with Gasteiger partial charge in [-0.1, -0.05) is 6.07 Å². The number of hydrogen-bond acceptors (Lipinski definition) is 3. The zero-order valence-corrected chi connectivity index (χ0v) is 10.8. The molecule has 0 unspecified atom stereocenters. The summed E-state index contributed by atoms with van der Waals surface area (Å²) in [5.41, 5.74) is 8.45. The molecule has 0 spiro atoms. The number of aromatic nitrogens is 3. The maximum Gasteiger partial charge on any atom is 0.151 e. The smallest absolute Gasteiger partial charge is 0.151 e. The molecule has 4 rings (SSSR count). The highest BCUT2D eigenvalue weighted by molar-refractivity contribution is 5.81. The van der Waals surface area contributed by atoms with Crippen LogP contribution in [0.4, 0.5) is 10.1 Å². The first-order valence-corrected chi connectivity index (χ1v) is 6.61. The average molecular weight is 268 g/mol. The van der Waals surface area contributed by atoms with Crippen LogP contribution in [0.3, 0.4) is 0 Å². The summed E-state index contributed by atoms with van der Waals surface area (Å²) in [5.74, 6) is 0.451. The average Bonchev–Trinajstić information content (AvgIpc) is 3.19. The van der Waals surface area contributed by atoms with E-state index in [4.69, 9.17) is 5.73 Å². The second-order valence-corrected chi connectivity index (χ2v) is 5.15. The van der Waals surface area contributed by atoms with Crippen molar-refractivity contribution in [2.75, 3.05) is 5.73 Å². The van der Waals surface area contributed by atoms with E-state index in [0.717, 1.165) is 29.7 Å². The van der Waals surface area contributed by atoms with Crippen LogP contribution in [0.1, 0.15) is 18.9 Å². The van der Waals surface area contributed by atoms with E-state index in [1.807, 2.05) is 12.1 Å². The lowest BCUT2D eigenvalue weighted by atomic mass is 10.2. The minimum Gasteiger partial charge on any atom is -0.397 e. The van der Waals surface area contributed by atoms with E-state index < -0.39 is 0 Å². The zero-order chi connectivity index (χ0) is 13.7. The van der Waals surface area contributed by atoms with Crippen LogP contribution < -0.4 is 5.73 Å². The molecule has 2 heterocycles. The van der Waals surface area contributed by atoms with Gasteiger partial charge < -0.3 is 10.3 Å². The first-order valence-electron chi connectivity index (χ1n) is 6.61. The largest absolute Gasteiger partial charge is 0.397 e. The molecule has 0 amide bonds. The van der Waals surface area contributed by atoms with Gasteiger partial charge in [0.25, 0.3) is 0 Å². The highest BCUT2D eigenvalue weighted by atomic mass is 19.1. The molecule has 5 heteroatoms. The highest BCUT2D eigenvalue weighted by Gasteiger charge is 2.29. The van der Waals surface area contributed by atoms with Crippen molar-refractivity contribution in [1.82, 2.24) is 14.5 Å². The first-order chi connectivity index (χ1) is 9.74. The Morgan fingerprint density at radius 3 is 2.85 bits per heavy atom. The number of benzene rings is 1. The van der Waals surface area contributed by atoms with Gasteiger partial charge in [-0.3, -0.25) is 4.98 Å². The number of halogens is 1. The highest BCUT2D eigenvalue weighted by Crippen LogP contribution is 2.41. The molecule has 1 aromatic carbocycles. The van der Waals surface area contributed by atoms with Crippen molar-refractivity contribution in [2.45, 2.75) is 18.9 Å². The van der Waals surface area contributed by atoms with E-state index in [1.165, 1.54) is 6.07 Å². The third-order valence-electron chi connectivity index (χ3n) is 3.60. The van der Waals surface area contributed by atoms with E-state index in [1.54, 1.807) is 18.5 Å². The monoisotopic (exact) mass is 268 g/mol. The van der Waals surface area contributed by atoms with Crippen LogP contribution >= 0.6 is 0 Å². The number of rotatable bonds is 2. The molecule has 2 aromatic heterocycles. The van der Waals surface area contributed by atoms with Crippen molar-refractivity contribution in [1.29, 1.82) is 0 Å². The maximum atomic E-state index is 13.9. The molecule has 1 saturated carbocycles. The minimum atomic E-state index is -0.292. The Morgan fingerprint density at radius 2 is 2.10 bits per heavy atom. The van der Waals surface area contributed by atoms with Gasteiger partial charge in [0.05, 0.1) is 11.2 Å². The summed E-state index contributed by atoms with van der Waals surface area (Å²) in [5, 5.41) is 0. The number of para-hydroxylation sites is 1. The van der Waals surface area contributed by atoms with Crippen molar-refractivity contribution < 1.29 is 4.39 Å². The van der Waals surface area contributed by atoms with Gasteiger partial charge in [-0.15, -0.1) is 0 Å².